The second kappa shape index (κ2) is 8.47. The SMILES string of the molecule is COc1cc(/C=C/C(=O)O)cc(F)c1[C@]1(C)c2ccc3[nH]ncc3c2C[C@@H](C)N1CC(C)(F)F. The van der Waals surface area contributed by atoms with Crippen LogP contribution in [0, 0.1) is 5.82 Å². The lowest BCUT2D eigenvalue weighted by Gasteiger charge is -2.51. The van der Waals surface area contributed by atoms with Crippen LogP contribution in [-0.4, -0.2) is 51.8 Å². The third-order valence-electron chi connectivity index (χ3n) is 6.52. The number of carboxylic acid groups (broad SMARTS) is 1. The molecule has 0 unspecified atom stereocenters. The molecule has 0 aliphatic carbocycles. The highest BCUT2D eigenvalue weighted by atomic mass is 19.3. The number of rotatable bonds is 6. The number of fused-ring (bicyclic) bond motifs is 3. The van der Waals surface area contributed by atoms with Gasteiger partial charge in [0.15, 0.2) is 0 Å². The summed E-state index contributed by atoms with van der Waals surface area (Å²) in [4.78, 5) is 12.5. The fourth-order valence-electron chi connectivity index (χ4n) is 5.14. The quantitative estimate of drug-likeness (QED) is 0.494. The zero-order valence-corrected chi connectivity index (χ0v) is 19.3. The van der Waals surface area contributed by atoms with E-state index in [-0.39, 0.29) is 22.9 Å². The smallest absolute Gasteiger partial charge is 0.328 e. The summed E-state index contributed by atoms with van der Waals surface area (Å²) >= 11 is 0. The average molecular weight is 473 g/mol. The van der Waals surface area contributed by atoms with Crippen LogP contribution < -0.4 is 4.74 Å². The van der Waals surface area contributed by atoms with Gasteiger partial charge in [-0.25, -0.2) is 18.0 Å². The molecule has 0 saturated carbocycles. The minimum absolute atomic E-state index is 0.113. The normalized spacial score (nSPS) is 21.2. The van der Waals surface area contributed by atoms with Crippen LogP contribution in [-0.2, 0) is 16.8 Å². The van der Waals surface area contributed by atoms with Crippen molar-refractivity contribution in [2.24, 2.45) is 0 Å². The maximum Gasteiger partial charge on any atom is 0.328 e. The van der Waals surface area contributed by atoms with Crippen LogP contribution in [0.2, 0.25) is 0 Å². The van der Waals surface area contributed by atoms with Crippen molar-refractivity contribution in [3.8, 4) is 5.75 Å². The number of methoxy groups -OCH3 is 1. The number of alkyl halides is 2. The van der Waals surface area contributed by atoms with Gasteiger partial charge in [-0.05, 0) is 61.2 Å². The second-order valence-electron chi connectivity index (χ2n) is 9.00. The molecule has 0 amide bonds. The maximum absolute atomic E-state index is 15.8. The van der Waals surface area contributed by atoms with Gasteiger partial charge in [0.05, 0.1) is 36.5 Å². The van der Waals surface area contributed by atoms with E-state index < -0.39 is 29.8 Å². The van der Waals surface area contributed by atoms with Crippen LogP contribution in [0.1, 0.15) is 43.0 Å². The number of H-pyrrole nitrogens is 1. The van der Waals surface area contributed by atoms with Crippen molar-refractivity contribution in [1.29, 1.82) is 0 Å². The lowest BCUT2D eigenvalue weighted by Crippen LogP contribution is -2.57. The number of benzene rings is 2. The van der Waals surface area contributed by atoms with Gasteiger partial charge in [-0.2, -0.15) is 5.10 Å². The molecule has 4 rings (SSSR count). The summed E-state index contributed by atoms with van der Waals surface area (Å²) in [5, 5.41) is 16.8. The predicted molar refractivity (Wildman–Crippen MR) is 123 cm³/mol. The van der Waals surface area contributed by atoms with E-state index in [0.29, 0.717) is 12.0 Å². The van der Waals surface area contributed by atoms with Crippen molar-refractivity contribution >= 4 is 22.9 Å². The van der Waals surface area contributed by atoms with Crippen LogP contribution >= 0.6 is 0 Å². The molecular weight excluding hydrogens is 447 g/mol. The van der Waals surface area contributed by atoms with E-state index in [4.69, 9.17) is 9.84 Å². The van der Waals surface area contributed by atoms with Crippen molar-refractivity contribution in [3.63, 3.8) is 0 Å². The van der Waals surface area contributed by atoms with Gasteiger partial charge in [-0.15, -0.1) is 0 Å². The first-order chi connectivity index (χ1) is 16.0. The van der Waals surface area contributed by atoms with Gasteiger partial charge < -0.3 is 9.84 Å². The number of carboxylic acids is 1. The second-order valence-corrected chi connectivity index (χ2v) is 9.00. The number of hydrogen-bond acceptors (Lipinski definition) is 4. The monoisotopic (exact) mass is 473 g/mol. The van der Waals surface area contributed by atoms with Crippen molar-refractivity contribution in [2.45, 2.75) is 44.7 Å². The molecule has 9 heteroatoms. The Hall–Kier alpha value is -3.33. The fourth-order valence-corrected chi connectivity index (χ4v) is 5.14. The molecule has 1 aromatic heterocycles. The zero-order valence-electron chi connectivity index (χ0n) is 19.3. The van der Waals surface area contributed by atoms with Gasteiger partial charge in [0.25, 0.3) is 5.92 Å². The van der Waals surface area contributed by atoms with E-state index >= 15 is 4.39 Å². The summed E-state index contributed by atoms with van der Waals surface area (Å²) in [6.45, 7) is 3.84. The maximum atomic E-state index is 15.8. The summed E-state index contributed by atoms with van der Waals surface area (Å²) in [7, 11) is 1.37. The molecule has 0 bridgehead atoms. The fraction of sp³-hybridized carbons (Fsp3) is 0.360. The highest BCUT2D eigenvalue weighted by Gasteiger charge is 2.49. The number of hydrogen-bond donors (Lipinski definition) is 2. The first-order valence-corrected chi connectivity index (χ1v) is 10.8. The Morgan fingerprint density at radius 3 is 2.79 bits per heavy atom. The summed E-state index contributed by atoms with van der Waals surface area (Å²) in [5.41, 5.74) is 1.50. The highest BCUT2D eigenvalue weighted by Crippen LogP contribution is 2.49. The van der Waals surface area contributed by atoms with Gasteiger partial charge in [-0.1, -0.05) is 6.07 Å². The molecule has 2 heterocycles. The number of aromatic amines is 1. The molecule has 180 valence electrons. The van der Waals surface area contributed by atoms with Crippen molar-refractivity contribution in [1.82, 2.24) is 15.1 Å². The first-order valence-electron chi connectivity index (χ1n) is 10.8. The van der Waals surface area contributed by atoms with E-state index in [0.717, 1.165) is 29.5 Å². The number of nitrogens with one attached hydrogen (secondary N) is 1. The van der Waals surface area contributed by atoms with Gasteiger partial charge in [0.1, 0.15) is 11.6 Å². The van der Waals surface area contributed by atoms with Crippen molar-refractivity contribution in [2.75, 3.05) is 13.7 Å². The highest BCUT2D eigenvalue weighted by molar-refractivity contribution is 5.86. The van der Waals surface area contributed by atoms with E-state index in [9.17, 15) is 13.6 Å². The molecule has 0 spiro atoms. The molecule has 3 aromatic rings. The number of halogens is 3. The van der Waals surface area contributed by atoms with Crippen LogP contribution in [0.5, 0.6) is 5.75 Å². The Bertz CT molecular complexity index is 1280. The van der Waals surface area contributed by atoms with Crippen LogP contribution in [0.3, 0.4) is 0 Å². The molecule has 6 nitrogen and oxygen atoms in total. The molecular formula is C25H26F3N3O3. The van der Waals surface area contributed by atoms with Gasteiger partial charge in [0, 0.05) is 24.4 Å². The molecule has 1 aliphatic heterocycles. The summed E-state index contributed by atoms with van der Waals surface area (Å²) in [6, 6.07) is 5.99. The topological polar surface area (TPSA) is 78.5 Å². The number of aliphatic carboxylic acids is 1. The van der Waals surface area contributed by atoms with E-state index in [1.807, 2.05) is 19.1 Å². The van der Waals surface area contributed by atoms with Crippen LogP contribution in [0.15, 0.2) is 36.5 Å². The van der Waals surface area contributed by atoms with E-state index in [2.05, 4.69) is 10.2 Å². The molecule has 0 radical (unpaired) electrons. The number of carbonyl (C=O) groups is 1. The Kier molecular flexibility index (Phi) is 5.93. The van der Waals surface area contributed by atoms with Gasteiger partial charge in [-0.3, -0.25) is 10.00 Å². The van der Waals surface area contributed by atoms with Crippen molar-refractivity contribution < 1.29 is 27.8 Å². The van der Waals surface area contributed by atoms with E-state index in [1.165, 1.54) is 25.3 Å². The molecule has 34 heavy (non-hydrogen) atoms. The number of ether oxygens (including phenoxy) is 1. The van der Waals surface area contributed by atoms with Gasteiger partial charge in [0.2, 0.25) is 0 Å². The molecule has 0 fully saturated rings. The molecule has 2 aromatic carbocycles. The molecule has 2 atom stereocenters. The average Bonchev–Trinajstić information content (AvgIpc) is 3.23. The third-order valence-corrected chi connectivity index (χ3v) is 6.52. The summed E-state index contributed by atoms with van der Waals surface area (Å²) in [5.74, 6) is -4.74. The van der Waals surface area contributed by atoms with E-state index in [1.54, 1.807) is 18.0 Å². The standard InChI is InChI=1S/C25H26F3N3O3/c1-14-9-16-17-12-29-30-20(17)7-6-18(16)25(3,31(14)13-24(2,27)28)23-19(26)10-15(5-8-22(32)33)11-21(23)34-4/h5-8,10-12,14H,9,13H2,1-4H3,(H,29,30)(H,32,33)/b8-5+/t14-,25+/m1/s1. The lowest BCUT2D eigenvalue weighted by atomic mass is 9.73. The largest absolute Gasteiger partial charge is 0.496 e. The van der Waals surface area contributed by atoms with Crippen LogP contribution in [0.25, 0.3) is 17.0 Å². The number of nitrogens with zero attached hydrogens (tertiary/aromatic N) is 2. The minimum atomic E-state index is -3.03. The van der Waals surface area contributed by atoms with Gasteiger partial charge >= 0.3 is 5.97 Å². The Labute approximate surface area is 195 Å². The third kappa shape index (κ3) is 4.04. The minimum Gasteiger partial charge on any atom is -0.496 e. The summed E-state index contributed by atoms with van der Waals surface area (Å²) in [6.07, 6.45) is 4.33. The Balaban J connectivity index is 2.02. The Morgan fingerprint density at radius 1 is 1.41 bits per heavy atom. The van der Waals surface area contributed by atoms with Crippen molar-refractivity contribution in [3.05, 3.63) is 64.6 Å². The molecule has 0 saturated heterocycles. The predicted octanol–water partition coefficient (Wildman–Crippen LogP) is 4.97. The molecule has 1 aliphatic rings. The van der Waals surface area contributed by atoms with Crippen LogP contribution in [0.4, 0.5) is 13.2 Å². The summed E-state index contributed by atoms with van der Waals surface area (Å²) < 4.78 is 50.2. The number of aromatic nitrogens is 2. The molecule has 2 N–H and O–H groups in total. The zero-order chi connectivity index (χ0) is 24.8. The Morgan fingerprint density at radius 2 is 2.15 bits per heavy atom. The lowest BCUT2D eigenvalue weighted by molar-refractivity contribution is -0.131. The first kappa shape index (κ1) is 23.8.